The van der Waals surface area contributed by atoms with Crippen molar-refractivity contribution in [3.63, 3.8) is 0 Å². The van der Waals surface area contributed by atoms with Gasteiger partial charge in [-0.25, -0.2) is 4.79 Å². The Bertz CT molecular complexity index is 174. The number of hydroxylamine groups is 3. The predicted molar refractivity (Wildman–Crippen MR) is 48.4 cm³/mol. The lowest BCUT2D eigenvalue weighted by atomic mass is 10.1. The third-order valence-electron chi connectivity index (χ3n) is 2.07. The molecule has 12 heavy (non-hydrogen) atoms. The van der Waals surface area contributed by atoms with Crippen LogP contribution in [0.4, 0.5) is 4.79 Å². The molecule has 4 heteroatoms. The van der Waals surface area contributed by atoms with E-state index in [1.807, 2.05) is 0 Å². The van der Waals surface area contributed by atoms with E-state index in [2.05, 4.69) is 5.32 Å². The summed E-state index contributed by atoms with van der Waals surface area (Å²) in [6.45, 7) is 7.26. The van der Waals surface area contributed by atoms with Crippen molar-refractivity contribution >= 4 is 6.03 Å². The molecule has 1 unspecified atom stereocenters. The van der Waals surface area contributed by atoms with E-state index in [4.69, 9.17) is 0 Å². The van der Waals surface area contributed by atoms with Crippen LogP contribution >= 0.6 is 0 Å². The summed E-state index contributed by atoms with van der Waals surface area (Å²) < 4.78 is -0.830. The molecule has 0 heterocycles. The van der Waals surface area contributed by atoms with Gasteiger partial charge in [0.15, 0.2) is 0 Å². The maximum absolute atomic E-state index is 11.9. The van der Waals surface area contributed by atoms with Crippen LogP contribution in [0.15, 0.2) is 0 Å². The summed E-state index contributed by atoms with van der Waals surface area (Å²) in [6.07, 6.45) is 0. The van der Waals surface area contributed by atoms with Crippen molar-refractivity contribution in [1.82, 2.24) is 5.32 Å². The molecule has 0 rings (SSSR count). The quantitative estimate of drug-likeness (QED) is 0.483. The first kappa shape index (κ1) is 11.4. The molecular formula is C8H18N2O2. The van der Waals surface area contributed by atoms with Gasteiger partial charge in [-0.2, -0.15) is 0 Å². The summed E-state index contributed by atoms with van der Waals surface area (Å²) in [6, 6.07) is -0.481. The highest BCUT2D eigenvalue weighted by molar-refractivity contribution is 5.67. The summed E-state index contributed by atoms with van der Waals surface area (Å²) in [5.74, 6) is 0. The molecule has 0 bridgehead atoms. The number of nitrogens with one attached hydrogen (secondary N) is 1. The van der Waals surface area contributed by atoms with Gasteiger partial charge >= 0.3 is 6.03 Å². The van der Waals surface area contributed by atoms with Gasteiger partial charge in [0, 0.05) is 7.05 Å². The fraction of sp³-hybridized carbons (Fsp3) is 0.875. The molecule has 72 valence electrons. The zero-order valence-electron chi connectivity index (χ0n) is 8.47. The molecule has 0 aromatic heterocycles. The van der Waals surface area contributed by atoms with Gasteiger partial charge in [0.2, 0.25) is 0 Å². The third-order valence-corrected chi connectivity index (χ3v) is 2.07. The number of hydrogen-bond acceptors (Lipinski definition) is 2. The van der Waals surface area contributed by atoms with Crippen molar-refractivity contribution in [2.45, 2.75) is 33.2 Å². The van der Waals surface area contributed by atoms with Gasteiger partial charge in [0.25, 0.3) is 0 Å². The number of amides is 2. The van der Waals surface area contributed by atoms with E-state index >= 15 is 0 Å². The molecule has 0 fully saturated rings. The highest BCUT2D eigenvalue weighted by atomic mass is 16.6. The highest BCUT2D eigenvalue weighted by Crippen LogP contribution is 2.22. The Morgan fingerprint density at radius 3 is 2.00 bits per heavy atom. The van der Waals surface area contributed by atoms with Gasteiger partial charge in [-0.05, 0) is 27.7 Å². The van der Waals surface area contributed by atoms with E-state index in [-0.39, 0.29) is 6.54 Å². The standard InChI is InChI=1S/C8H18N2O2/c1-6-10(12,7(11)9-5)8(2,3)4/h6H2,1-5H3,(H,9,11). The summed E-state index contributed by atoms with van der Waals surface area (Å²) in [5, 5.41) is 14.3. The Hall–Kier alpha value is -0.610. The van der Waals surface area contributed by atoms with Crippen LogP contribution in [-0.2, 0) is 0 Å². The van der Waals surface area contributed by atoms with Crippen LogP contribution < -0.4 is 5.32 Å². The normalized spacial score (nSPS) is 16.8. The largest absolute Gasteiger partial charge is 0.623 e. The van der Waals surface area contributed by atoms with Crippen LogP contribution in [0.5, 0.6) is 0 Å². The molecule has 0 radical (unpaired) electrons. The second-order valence-corrected chi connectivity index (χ2v) is 3.78. The number of rotatable bonds is 1. The molecule has 0 aliphatic heterocycles. The SMILES string of the molecule is CC[N+]([O-])(C(=O)NC)C(C)(C)C. The lowest BCUT2D eigenvalue weighted by molar-refractivity contribution is -0.848. The van der Waals surface area contributed by atoms with Crippen molar-refractivity contribution in [2.75, 3.05) is 13.6 Å². The van der Waals surface area contributed by atoms with Crippen LogP contribution in [0.2, 0.25) is 0 Å². The molecule has 2 amide bonds. The fourth-order valence-corrected chi connectivity index (χ4v) is 1.10. The summed E-state index contributed by atoms with van der Waals surface area (Å²) in [7, 11) is 1.48. The Labute approximate surface area is 73.7 Å². The molecule has 0 saturated carbocycles. The Kier molecular flexibility index (Phi) is 3.24. The van der Waals surface area contributed by atoms with Crippen LogP contribution in [0.1, 0.15) is 27.7 Å². The van der Waals surface area contributed by atoms with Crippen LogP contribution in [0.25, 0.3) is 0 Å². The van der Waals surface area contributed by atoms with E-state index in [1.54, 1.807) is 27.7 Å². The summed E-state index contributed by atoms with van der Waals surface area (Å²) in [5.41, 5.74) is -0.602. The van der Waals surface area contributed by atoms with E-state index in [1.165, 1.54) is 7.05 Å². The van der Waals surface area contributed by atoms with Crippen molar-refractivity contribution in [3.05, 3.63) is 5.21 Å². The number of urea groups is 1. The molecular weight excluding hydrogens is 156 g/mol. The number of carbonyl (C=O) groups excluding carboxylic acids is 1. The average Bonchev–Trinajstić information content (AvgIpc) is 1.99. The molecule has 0 aliphatic rings. The Morgan fingerprint density at radius 2 is 1.92 bits per heavy atom. The highest BCUT2D eigenvalue weighted by Gasteiger charge is 2.37. The number of carbonyl (C=O) groups is 1. The van der Waals surface area contributed by atoms with Gasteiger partial charge in [-0.15, -0.1) is 0 Å². The zero-order valence-corrected chi connectivity index (χ0v) is 8.47. The Balaban J connectivity index is 4.80. The monoisotopic (exact) mass is 174 g/mol. The molecule has 0 saturated heterocycles. The first-order chi connectivity index (χ1) is 5.29. The lowest BCUT2D eigenvalue weighted by Gasteiger charge is -2.48. The smallest absolute Gasteiger partial charge is 0.416 e. The van der Waals surface area contributed by atoms with E-state index < -0.39 is 16.2 Å². The topological polar surface area (TPSA) is 52.2 Å². The minimum absolute atomic E-state index is 0.253. The third kappa shape index (κ3) is 1.76. The van der Waals surface area contributed by atoms with Crippen molar-refractivity contribution < 1.29 is 9.44 Å². The van der Waals surface area contributed by atoms with Gasteiger partial charge in [0.1, 0.15) is 0 Å². The number of hydrogen-bond donors (Lipinski definition) is 1. The van der Waals surface area contributed by atoms with Gasteiger partial charge in [0.05, 0.1) is 12.1 Å². The number of quaternary nitrogens is 1. The second kappa shape index (κ2) is 3.41. The molecule has 0 aliphatic carbocycles. The minimum Gasteiger partial charge on any atom is -0.623 e. The van der Waals surface area contributed by atoms with Crippen LogP contribution in [0, 0.1) is 5.21 Å². The van der Waals surface area contributed by atoms with E-state index in [9.17, 15) is 10.0 Å². The van der Waals surface area contributed by atoms with E-state index in [0.29, 0.717) is 0 Å². The molecule has 1 N–H and O–H groups in total. The lowest BCUT2D eigenvalue weighted by Crippen LogP contribution is -2.62. The fourth-order valence-electron chi connectivity index (χ4n) is 1.10. The second-order valence-electron chi connectivity index (χ2n) is 3.78. The first-order valence-corrected chi connectivity index (χ1v) is 4.11. The van der Waals surface area contributed by atoms with Crippen molar-refractivity contribution in [3.8, 4) is 0 Å². The zero-order chi connectivity index (χ0) is 9.99. The first-order valence-electron chi connectivity index (χ1n) is 4.11. The molecule has 1 atom stereocenters. The summed E-state index contributed by atoms with van der Waals surface area (Å²) in [4.78, 5) is 11.3. The minimum atomic E-state index is -0.830. The van der Waals surface area contributed by atoms with E-state index in [0.717, 1.165) is 0 Å². The molecule has 0 spiro atoms. The number of nitrogens with zero attached hydrogens (tertiary/aromatic N) is 1. The van der Waals surface area contributed by atoms with Crippen molar-refractivity contribution in [2.24, 2.45) is 0 Å². The predicted octanol–water partition coefficient (Wildman–Crippen LogP) is 1.46. The van der Waals surface area contributed by atoms with Gasteiger partial charge in [-0.3, -0.25) is 4.65 Å². The van der Waals surface area contributed by atoms with Crippen LogP contribution in [-0.4, -0.2) is 29.8 Å². The molecule has 0 aromatic rings. The maximum Gasteiger partial charge on any atom is 0.416 e. The molecule has 4 nitrogen and oxygen atoms in total. The maximum atomic E-state index is 11.9. The van der Waals surface area contributed by atoms with Gasteiger partial charge < -0.3 is 10.5 Å². The Morgan fingerprint density at radius 1 is 1.50 bits per heavy atom. The van der Waals surface area contributed by atoms with Crippen LogP contribution in [0.3, 0.4) is 0 Å². The average molecular weight is 174 g/mol. The summed E-state index contributed by atoms with van der Waals surface area (Å²) >= 11 is 0. The van der Waals surface area contributed by atoms with Crippen molar-refractivity contribution in [1.29, 1.82) is 0 Å². The van der Waals surface area contributed by atoms with Gasteiger partial charge in [-0.1, -0.05) is 0 Å². The molecule has 0 aromatic carbocycles.